The fourth-order valence-corrected chi connectivity index (χ4v) is 1.59. The van der Waals surface area contributed by atoms with E-state index in [0.717, 1.165) is 12.0 Å². The molecule has 4 heteroatoms. The van der Waals surface area contributed by atoms with Crippen molar-refractivity contribution in [2.24, 2.45) is 11.7 Å². The van der Waals surface area contributed by atoms with Crippen LogP contribution >= 0.6 is 0 Å². The molecule has 94 valence electrons. The first-order valence-corrected chi connectivity index (χ1v) is 5.86. The second-order valence-corrected chi connectivity index (χ2v) is 4.33. The van der Waals surface area contributed by atoms with Gasteiger partial charge in [0, 0.05) is 6.54 Å². The Morgan fingerprint density at radius 3 is 2.94 bits per heavy atom. The first kappa shape index (κ1) is 13.5. The molecule has 0 fully saturated rings. The van der Waals surface area contributed by atoms with Crippen LogP contribution in [0.2, 0.25) is 0 Å². The summed E-state index contributed by atoms with van der Waals surface area (Å²) in [6.45, 7) is 3.35. The molecule has 0 saturated heterocycles. The number of carbonyl (C=O) groups is 1. The van der Waals surface area contributed by atoms with Crippen molar-refractivity contribution < 1.29 is 9.90 Å². The van der Waals surface area contributed by atoms with E-state index in [9.17, 15) is 9.90 Å². The molecule has 0 saturated carbocycles. The number of rotatable bonds is 6. The van der Waals surface area contributed by atoms with Crippen LogP contribution in [0.4, 0.5) is 0 Å². The first-order valence-electron chi connectivity index (χ1n) is 5.86. The predicted molar refractivity (Wildman–Crippen MR) is 67.7 cm³/mol. The van der Waals surface area contributed by atoms with E-state index in [4.69, 9.17) is 5.73 Å². The number of hydrogen-bond donors (Lipinski definition) is 3. The highest BCUT2D eigenvalue weighted by Crippen LogP contribution is 2.11. The normalized spacial score (nSPS) is 12.1. The maximum absolute atomic E-state index is 11.6. The molecule has 4 N–H and O–H groups in total. The third kappa shape index (κ3) is 5.36. The number of hydrogen-bond acceptors (Lipinski definition) is 3. The maximum atomic E-state index is 11.6. The van der Waals surface area contributed by atoms with Crippen molar-refractivity contribution in [1.82, 2.24) is 5.32 Å². The number of nitrogens with one attached hydrogen (secondary N) is 1. The molecule has 1 amide bonds. The van der Waals surface area contributed by atoms with Gasteiger partial charge in [0.05, 0.1) is 6.42 Å². The van der Waals surface area contributed by atoms with Crippen molar-refractivity contribution in [2.45, 2.75) is 19.8 Å². The smallest absolute Gasteiger partial charge is 0.224 e. The molecule has 1 atom stereocenters. The van der Waals surface area contributed by atoms with E-state index in [1.807, 2.05) is 6.07 Å². The minimum Gasteiger partial charge on any atom is -0.508 e. The number of amides is 1. The zero-order chi connectivity index (χ0) is 12.7. The summed E-state index contributed by atoms with van der Waals surface area (Å²) in [5.41, 5.74) is 6.25. The van der Waals surface area contributed by atoms with E-state index in [1.165, 1.54) is 0 Å². The van der Waals surface area contributed by atoms with Gasteiger partial charge in [-0.15, -0.1) is 0 Å². The van der Waals surface area contributed by atoms with Crippen molar-refractivity contribution in [1.29, 1.82) is 0 Å². The summed E-state index contributed by atoms with van der Waals surface area (Å²) in [5, 5.41) is 12.1. The summed E-state index contributed by atoms with van der Waals surface area (Å²) in [6, 6.07) is 6.74. The number of phenolic OH excluding ortho intramolecular Hbond substituents is 1. The van der Waals surface area contributed by atoms with E-state index < -0.39 is 0 Å². The quantitative estimate of drug-likeness (QED) is 0.690. The molecule has 0 aliphatic rings. The van der Waals surface area contributed by atoms with E-state index in [0.29, 0.717) is 25.4 Å². The summed E-state index contributed by atoms with van der Waals surface area (Å²) in [5.74, 6) is 0.555. The molecule has 0 bridgehead atoms. The van der Waals surface area contributed by atoms with Crippen LogP contribution in [0.25, 0.3) is 0 Å². The highest BCUT2D eigenvalue weighted by molar-refractivity contribution is 5.78. The summed E-state index contributed by atoms with van der Waals surface area (Å²) in [4.78, 5) is 11.6. The Bertz CT molecular complexity index is 366. The Kier molecular flexibility index (Phi) is 5.49. The third-order valence-corrected chi connectivity index (χ3v) is 2.58. The maximum Gasteiger partial charge on any atom is 0.224 e. The van der Waals surface area contributed by atoms with Crippen molar-refractivity contribution in [3.05, 3.63) is 29.8 Å². The van der Waals surface area contributed by atoms with Crippen molar-refractivity contribution >= 4 is 5.91 Å². The summed E-state index contributed by atoms with van der Waals surface area (Å²) in [7, 11) is 0. The zero-order valence-electron chi connectivity index (χ0n) is 10.1. The van der Waals surface area contributed by atoms with Gasteiger partial charge in [-0.1, -0.05) is 19.1 Å². The second-order valence-electron chi connectivity index (χ2n) is 4.33. The van der Waals surface area contributed by atoms with Crippen molar-refractivity contribution in [3.63, 3.8) is 0 Å². The molecule has 0 radical (unpaired) electrons. The van der Waals surface area contributed by atoms with E-state index in [-0.39, 0.29) is 11.7 Å². The summed E-state index contributed by atoms with van der Waals surface area (Å²) < 4.78 is 0. The lowest BCUT2D eigenvalue weighted by Crippen LogP contribution is -2.30. The number of benzene rings is 1. The van der Waals surface area contributed by atoms with Crippen molar-refractivity contribution in [3.8, 4) is 5.75 Å². The Labute approximate surface area is 102 Å². The lowest BCUT2D eigenvalue weighted by Gasteiger charge is -2.11. The lowest BCUT2D eigenvalue weighted by atomic mass is 10.1. The van der Waals surface area contributed by atoms with Gasteiger partial charge in [-0.3, -0.25) is 4.79 Å². The number of nitrogens with two attached hydrogens (primary N) is 1. The standard InChI is InChI=1S/C13H20N2O2/c1-10(5-6-14)9-15-13(17)8-11-3-2-4-12(16)7-11/h2-4,7,10,16H,5-6,8-9,14H2,1H3,(H,15,17). The molecule has 1 aromatic rings. The minimum absolute atomic E-state index is 0.0283. The molecular weight excluding hydrogens is 216 g/mol. The van der Waals surface area contributed by atoms with Crippen LogP contribution in [0.5, 0.6) is 5.75 Å². The lowest BCUT2D eigenvalue weighted by molar-refractivity contribution is -0.120. The second kappa shape index (κ2) is 6.91. The molecule has 0 aliphatic heterocycles. The van der Waals surface area contributed by atoms with Gasteiger partial charge >= 0.3 is 0 Å². The van der Waals surface area contributed by atoms with Gasteiger partial charge in [0.1, 0.15) is 5.75 Å². The van der Waals surface area contributed by atoms with Crippen LogP contribution < -0.4 is 11.1 Å². The zero-order valence-corrected chi connectivity index (χ0v) is 10.1. The molecule has 0 aromatic heterocycles. The molecule has 0 aliphatic carbocycles. The molecular formula is C13H20N2O2. The van der Waals surface area contributed by atoms with Crippen LogP contribution in [0.1, 0.15) is 18.9 Å². The van der Waals surface area contributed by atoms with Crippen LogP contribution in [0.15, 0.2) is 24.3 Å². The van der Waals surface area contributed by atoms with Crippen molar-refractivity contribution in [2.75, 3.05) is 13.1 Å². The molecule has 1 aromatic carbocycles. The predicted octanol–water partition coefficient (Wildman–Crippen LogP) is 1.04. The molecule has 1 rings (SSSR count). The summed E-state index contributed by atoms with van der Waals surface area (Å²) in [6.07, 6.45) is 1.20. The van der Waals surface area contributed by atoms with Gasteiger partial charge in [-0.25, -0.2) is 0 Å². The van der Waals surface area contributed by atoms with Gasteiger partial charge in [0.2, 0.25) is 5.91 Å². The Morgan fingerprint density at radius 2 is 2.29 bits per heavy atom. The van der Waals surface area contributed by atoms with Crippen LogP contribution in [-0.2, 0) is 11.2 Å². The Morgan fingerprint density at radius 1 is 1.53 bits per heavy atom. The third-order valence-electron chi connectivity index (χ3n) is 2.58. The van der Waals surface area contributed by atoms with Gasteiger partial charge in [0.25, 0.3) is 0 Å². The van der Waals surface area contributed by atoms with Gasteiger partial charge in [-0.2, -0.15) is 0 Å². The minimum atomic E-state index is -0.0283. The fourth-order valence-electron chi connectivity index (χ4n) is 1.59. The van der Waals surface area contributed by atoms with Crippen LogP contribution in [0, 0.1) is 5.92 Å². The number of carbonyl (C=O) groups excluding carboxylic acids is 1. The largest absolute Gasteiger partial charge is 0.508 e. The summed E-state index contributed by atoms with van der Waals surface area (Å²) >= 11 is 0. The average molecular weight is 236 g/mol. The molecule has 17 heavy (non-hydrogen) atoms. The number of aromatic hydroxyl groups is 1. The fraction of sp³-hybridized carbons (Fsp3) is 0.462. The molecule has 0 spiro atoms. The Hall–Kier alpha value is -1.55. The van der Waals surface area contributed by atoms with E-state index in [1.54, 1.807) is 18.2 Å². The highest BCUT2D eigenvalue weighted by atomic mass is 16.3. The molecule has 0 heterocycles. The SMILES string of the molecule is CC(CCN)CNC(=O)Cc1cccc(O)c1. The topological polar surface area (TPSA) is 75.3 Å². The van der Waals surface area contributed by atoms with E-state index >= 15 is 0 Å². The number of phenols is 1. The Balaban J connectivity index is 2.34. The van der Waals surface area contributed by atoms with Crippen LogP contribution in [0.3, 0.4) is 0 Å². The average Bonchev–Trinajstić information content (AvgIpc) is 2.27. The monoisotopic (exact) mass is 236 g/mol. The molecule has 1 unspecified atom stereocenters. The highest BCUT2D eigenvalue weighted by Gasteiger charge is 2.06. The van der Waals surface area contributed by atoms with Crippen LogP contribution in [-0.4, -0.2) is 24.1 Å². The first-order chi connectivity index (χ1) is 8.11. The van der Waals surface area contributed by atoms with Gasteiger partial charge in [-0.05, 0) is 36.6 Å². The van der Waals surface area contributed by atoms with E-state index in [2.05, 4.69) is 12.2 Å². The van der Waals surface area contributed by atoms with Gasteiger partial charge in [0.15, 0.2) is 0 Å². The molecule has 4 nitrogen and oxygen atoms in total. The van der Waals surface area contributed by atoms with Gasteiger partial charge < -0.3 is 16.2 Å².